The van der Waals surface area contributed by atoms with E-state index in [0.717, 1.165) is 12.1 Å². The molecular formula is C10H8F3NO. The van der Waals surface area contributed by atoms with Crippen molar-refractivity contribution in [3.05, 3.63) is 34.9 Å². The minimum absolute atomic E-state index is 0.301. The second-order valence-electron chi connectivity index (χ2n) is 3.38. The molecule has 0 bridgehead atoms. The molecule has 1 aliphatic rings. The van der Waals surface area contributed by atoms with Crippen LogP contribution in [0.3, 0.4) is 0 Å². The van der Waals surface area contributed by atoms with Crippen LogP contribution >= 0.6 is 0 Å². The molecule has 0 fully saturated rings. The Hall–Kier alpha value is -1.52. The van der Waals surface area contributed by atoms with Gasteiger partial charge in [-0.25, -0.2) is 0 Å². The molecule has 0 radical (unpaired) electrons. The zero-order valence-corrected chi connectivity index (χ0v) is 7.69. The summed E-state index contributed by atoms with van der Waals surface area (Å²) in [4.78, 5) is 11.3. The third-order valence-electron chi connectivity index (χ3n) is 2.36. The van der Waals surface area contributed by atoms with Gasteiger partial charge in [0.2, 0.25) is 0 Å². The van der Waals surface area contributed by atoms with Crippen molar-refractivity contribution in [2.45, 2.75) is 12.6 Å². The Bertz CT molecular complexity index is 412. The average Bonchev–Trinajstić information content (AvgIpc) is 2.16. The molecule has 1 heterocycles. The summed E-state index contributed by atoms with van der Waals surface area (Å²) in [7, 11) is 0. The van der Waals surface area contributed by atoms with Gasteiger partial charge in [0.1, 0.15) is 0 Å². The number of alkyl halides is 3. The van der Waals surface area contributed by atoms with Gasteiger partial charge in [-0.15, -0.1) is 0 Å². The van der Waals surface area contributed by atoms with Crippen molar-refractivity contribution in [2.75, 3.05) is 6.54 Å². The number of benzene rings is 1. The molecule has 0 saturated carbocycles. The van der Waals surface area contributed by atoms with Crippen molar-refractivity contribution in [1.82, 2.24) is 5.32 Å². The largest absolute Gasteiger partial charge is 0.416 e. The van der Waals surface area contributed by atoms with Crippen molar-refractivity contribution in [1.29, 1.82) is 0 Å². The first-order valence-electron chi connectivity index (χ1n) is 4.47. The molecule has 5 heteroatoms. The SMILES string of the molecule is O=C1NCCc2cc(C(F)(F)F)ccc21. The molecule has 1 aromatic rings. The summed E-state index contributed by atoms with van der Waals surface area (Å²) in [6.45, 7) is 0.396. The number of amides is 1. The number of nitrogens with one attached hydrogen (secondary N) is 1. The van der Waals surface area contributed by atoms with Crippen molar-refractivity contribution >= 4 is 5.91 Å². The van der Waals surface area contributed by atoms with E-state index in [4.69, 9.17) is 0 Å². The summed E-state index contributed by atoms with van der Waals surface area (Å²) >= 11 is 0. The van der Waals surface area contributed by atoms with Gasteiger partial charge >= 0.3 is 6.18 Å². The lowest BCUT2D eigenvalue weighted by Crippen LogP contribution is -2.32. The zero-order chi connectivity index (χ0) is 11.1. The van der Waals surface area contributed by atoms with Crippen LogP contribution in [0.1, 0.15) is 21.5 Å². The standard InChI is InChI=1S/C10H8F3NO/c11-10(12,13)7-1-2-8-6(5-7)3-4-14-9(8)15/h1-2,5H,3-4H2,(H,14,15). The summed E-state index contributed by atoms with van der Waals surface area (Å²) in [5.41, 5.74) is 0.110. The zero-order valence-electron chi connectivity index (χ0n) is 7.69. The summed E-state index contributed by atoms with van der Waals surface area (Å²) in [5, 5.41) is 2.58. The number of rotatable bonds is 0. The van der Waals surface area contributed by atoms with Gasteiger partial charge in [0, 0.05) is 12.1 Å². The van der Waals surface area contributed by atoms with Crippen LogP contribution in [0.2, 0.25) is 0 Å². The Morgan fingerprint density at radius 2 is 2.00 bits per heavy atom. The van der Waals surface area contributed by atoms with E-state index >= 15 is 0 Å². The molecule has 1 aliphatic heterocycles. The van der Waals surface area contributed by atoms with Gasteiger partial charge < -0.3 is 5.32 Å². The van der Waals surface area contributed by atoms with E-state index < -0.39 is 11.7 Å². The molecule has 1 aromatic carbocycles. The van der Waals surface area contributed by atoms with Gasteiger partial charge in [0.05, 0.1) is 5.56 Å². The van der Waals surface area contributed by atoms with Gasteiger partial charge in [-0.2, -0.15) is 13.2 Å². The highest BCUT2D eigenvalue weighted by molar-refractivity contribution is 5.96. The highest BCUT2D eigenvalue weighted by atomic mass is 19.4. The van der Waals surface area contributed by atoms with Gasteiger partial charge in [-0.05, 0) is 30.2 Å². The molecule has 0 aliphatic carbocycles. The van der Waals surface area contributed by atoms with E-state index in [2.05, 4.69) is 5.32 Å². The van der Waals surface area contributed by atoms with Crippen LogP contribution in [0.25, 0.3) is 0 Å². The first-order valence-corrected chi connectivity index (χ1v) is 4.47. The van der Waals surface area contributed by atoms with E-state index in [1.165, 1.54) is 6.07 Å². The smallest absolute Gasteiger partial charge is 0.352 e. The van der Waals surface area contributed by atoms with E-state index in [9.17, 15) is 18.0 Å². The molecular weight excluding hydrogens is 207 g/mol. The predicted octanol–water partition coefficient (Wildman–Crippen LogP) is 1.99. The van der Waals surface area contributed by atoms with Crippen molar-refractivity contribution in [2.24, 2.45) is 0 Å². The van der Waals surface area contributed by atoms with Gasteiger partial charge in [-0.1, -0.05) is 0 Å². The maximum atomic E-state index is 12.4. The van der Waals surface area contributed by atoms with Crippen LogP contribution in [0.15, 0.2) is 18.2 Å². The second kappa shape index (κ2) is 3.25. The molecule has 1 N–H and O–H groups in total. The van der Waals surface area contributed by atoms with E-state index in [1.807, 2.05) is 0 Å². The summed E-state index contributed by atoms with van der Waals surface area (Å²) in [5.74, 6) is -0.301. The van der Waals surface area contributed by atoms with Crippen LogP contribution in [0.5, 0.6) is 0 Å². The topological polar surface area (TPSA) is 29.1 Å². The first-order chi connectivity index (χ1) is 6.98. The minimum Gasteiger partial charge on any atom is -0.352 e. The van der Waals surface area contributed by atoms with Crippen molar-refractivity contribution < 1.29 is 18.0 Å². The minimum atomic E-state index is -4.34. The number of hydrogen-bond donors (Lipinski definition) is 1. The third kappa shape index (κ3) is 1.82. The summed E-state index contributed by atoms with van der Waals surface area (Å²) in [6.07, 6.45) is -3.89. The van der Waals surface area contributed by atoms with Gasteiger partial charge in [0.25, 0.3) is 5.91 Å². The Kier molecular flexibility index (Phi) is 2.17. The monoisotopic (exact) mass is 215 g/mol. The van der Waals surface area contributed by atoms with Crippen molar-refractivity contribution in [3.8, 4) is 0 Å². The van der Waals surface area contributed by atoms with Crippen molar-refractivity contribution in [3.63, 3.8) is 0 Å². The normalized spacial score (nSPS) is 15.8. The predicted molar refractivity (Wildman–Crippen MR) is 47.5 cm³/mol. The first kappa shape index (κ1) is 10.0. The Labute approximate surface area is 84.1 Å². The maximum Gasteiger partial charge on any atom is 0.416 e. The molecule has 0 atom stereocenters. The Morgan fingerprint density at radius 1 is 1.27 bits per heavy atom. The summed E-state index contributed by atoms with van der Waals surface area (Å²) in [6, 6.07) is 3.21. The van der Waals surface area contributed by atoms with Crippen LogP contribution in [0, 0.1) is 0 Å². The summed E-state index contributed by atoms with van der Waals surface area (Å²) < 4.78 is 37.1. The van der Waals surface area contributed by atoms with E-state index in [1.54, 1.807) is 0 Å². The Balaban J connectivity index is 2.46. The molecule has 1 amide bonds. The molecule has 0 saturated heterocycles. The molecule has 0 aromatic heterocycles. The fourth-order valence-corrected chi connectivity index (χ4v) is 1.60. The number of fused-ring (bicyclic) bond motifs is 1. The lowest BCUT2D eigenvalue weighted by molar-refractivity contribution is -0.137. The maximum absolute atomic E-state index is 12.4. The lowest BCUT2D eigenvalue weighted by Gasteiger charge is -2.17. The number of halogens is 3. The Morgan fingerprint density at radius 3 is 2.67 bits per heavy atom. The average molecular weight is 215 g/mol. The van der Waals surface area contributed by atoms with Crippen LogP contribution in [0.4, 0.5) is 13.2 Å². The van der Waals surface area contributed by atoms with Gasteiger partial charge in [-0.3, -0.25) is 4.79 Å². The fourth-order valence-electron chi connectivity index (χ4n) is 1.60. The van der Waals surface area contributed by atoms with E-state index in [-0.39, 0.29) is 5.91 Å². The lowest BCUT2D eigenvalue weighted by atomic mass is 9.98. The second-order valence-corrected chi connectivity index (χ2v) is 3.38. The number of carbonyl (C=O) groups excluding carboxylic acids is 1. The highest BCUT2D eigenvalue weighted by Crippen LogP contribution is 2.31. The molecule has 0 unspecified atom stereocenters. The molecule has 15 heavy (non-hydrogen) atoms. The molecule has 0 spiro atoms. The van der Waals surface area contributed by atoms with Crippen LogP contribution in [-0.2, 0) is 12.6 Å². The van der Waals surface area contributed by atoms with Crippen LogP contribution in [-0.4, -0.2) is 12.5 Å². The van der Waals surface area contributed by atoms with E-state index in [0.29, 0.717) is 24.1 Å². The van der Waals surface area contributed by atoms with Gasteiger partial charge in [0.15, 0.2) is 0 Å². The molecule has 2 nitrogen and oxygen atoms in total. The number of hydrogen-bond acceptors (Lipinski definition) is 1. The molecule has 80 valence electrons. The third-order valence-corrected chi connectivity index (χ3v) is 2.36. The quantitative estimate of drug-likeness (QED) is 0.704. The number of carbonyl (C=O) groups is 1. The highest BCUT2D eigenvalue weighted by Gasteiger charge is 2.31. The molecule has 2 rings (SSSR count). The fraction of sp³-hybridized carbons (Fsp3) is 0.300. The van der Waals surface area contributed by atoms with Crippen LogP contribution < -0.4 is 5.32 Å².